The van der Waals surface area contributed by atoms with Crippen LogP contribution in [0.4, 0.5) is 0 Å². The van der Waals surface area contributed by atoms with Crippen molar-refractivity contribution in [2.75, 3.05) is 18.1 Å². The van der Waals surface area contributed by atoms with Gasteiger partial charge < -0.3 is 10.2 Å². The highest BCUT2D eigenvalue weighted by atomic mass is 32.2. The maximum atomic E-state index is 5.70. The lowest BCUT2D eigenvalue weighted by Crippen LogP contribution is -2.07. The Morgan fingerprint density at radius 2 is 2.60 bits per heavy atom. The molecule has 1 aliphatic rings. The first-order chi connectivity index (χ1) is 7.29. The van der Waals surface area contributed by atoms with Crippen LogP contribution >= 0.6 is 11.8 Å². The number of nitrogens with two attached hydrogens (primary N) is 1. The summed E-state index contributed by atoms with van der Waals surface area (Å²) in [6, 6.07) is 0. The topological polar surface area (TPSA) is 52.0 Å². The molecule has 0 spiro atoms. The predicted octanol–water partition coefficient (Wildman–Crippen LogP) is 2.03. The number of hydrogen-bond donors (Lipinski definition) is 1. The van der Waals surface area contributed by atoms with E-state index in [-0.39, 0.29) is 5.92 Å². The molecule has 0 radical (unpaired) electrons. The van der Waals surface area contributed by atoms with Crippen molar-refractivity contribution in [3.05, 3.63) is 17.8 Å². The Morgan fingerprint density at radius 1 is 1.73 bits per heavy atom. The van der Waals surface area contributed by atoms with E-state index in [4.69, 9.17) is 10.2 Å². The minimum atomic E-state index is 0.282. The standard InChI is InChI=1S/C11H18N2OS/c1-8(5-12)10-6-13-11(14-10)4-9-2-3-15-7-9/h6,8-9H,2-5,7,12H2,1H3. The van der Waals surface area contributed by atoms with Crippen molar-refractivity contribution in [2.24, 2.45) is 11.7 Å². The Kier molecular flexibility index (Phi) is 3.70. The first kappa shape index (κ1) is 11.0. The Morgan fingerprint density at radius 3 is 3.27 bits per heavy atom. The summed E-state index contributed by atoms with van der Waals surface area (Å²) in [6.07, 6.45) is 4.12. The summed E-state index contributed by atoms with van der Waals surface area (Å²) < 4.78 is 5.70. The van der Waals surface area contributed by atoms with Gasteiger partial charge in [0.1, 0.15) is 5.76 Å². The molecule has 1 saturated heterocycles. The zero-order chi connectivity index (χ0) is 10.7. The summed E-state index contributed by atoms with van der Waals surface area (Å²) >= 11 is 2.03. The Balaban J connectivity index is 1.94. The van der Waals surface area contributed by atoms with Gasteiger partial charge in [0.15, 0.2) is 5.89 Å². The zero-order valence-electron chi connectivity index (χ0n) is 9.11. The van der Waals surface area contributed by atoms with E-state index in [9.17, 15) is 0 Å². The van der Waals surface area contributed by atoms with E-state index in [1.807, 2.05) is 18.0 Å². The molecule has 0 aromatic carbocycles. The number of rotatable bonds is 4. The lowest BCUT2D eigenvalue weighted by molar-refractivity contribution is 0.406. The number of hydrogen-bond acceptors (Lipinski definition) is 4. The molecule has 1 aliphatic heterocycles. The van der Waals surface area contributed by atoms with Crippen LogP contribution in [0.3, 0.4) is 0 Å². The van der Waals surface area contributed by atoms with Crippen LogP contribution in [-0.4, -0.2) is 23.0 Å². The van der Waals surface area contributed by atoms with Gasteiger partial charge in [0.2, 0.25) is 0 Å². The average molecular weight is 226 g/mol. The number of oxazole rings is 1. The fourth-order valence-corrected chi connectivity index (χ4v) is 3.04. The van der Waals surface area contributed by atoms with Gasteiger partial charge >= 0.3 is 0 Å². The van der Waals surface area contributed by atoms with Crippen molar-refractivity contribution in [2.45, 2.75) is 25.7 Å². The van der Waals surface area contributed by atoms with Gasteiger partial charge in [-0.15, -0.1) is 0 Å². The summed E-state index contributed by atoms with van der Waals surface area (Å²) in [5, 5.41) is 0. The first-order valence-corrected chi connectivity index (χ1v) is 6.67. The molecule has 2 rings (SSSR count). The molecule has 2 atom stereocenters. The molecule has 2 heterocycles. The van der Waals surface area contributed by atoms with E-state index >= 15 is 0 Å². The van der Waals surface area contributed by atoms with Crippen LogP contribution in [0.25, 0.3) is 0 Å². The molecule has 15 heavy (non-hydrogen) atoms. The van der Waals surface area contributed by atoms with E-state index in [0.29, 0.717) is 6.54 Å². The van der Waals surface area contributed by atoms with Crippen LogP contribution in [0, 0.1) is 5.92 Å². The molecule has 0 amide bonds. The summed E-state index contributed by atoms with van der Waals surface area (Å²) in [4.78, 5) is 4.32. The van der Waals surface area contributed by atoms with E-state index in [0.717, 1.165) is 24.0 Å². The fraction of sp³-hybridized carbons (Fsp3) is 0.727. The van der Waals surface area contributed by atoms with Crippen molar-refractivity contribution < 1.29 is 4.42 Å². The summed E-state index contributed by atoms with van der Waals surface area (Å²) in [6.45, 7) is 2.68. The smallest absolute Gasteiger partial charge is 0.194 e. The molecule has 2 N–H and O–H groups in total. The van der Waals surface area contributed by atoms with Gasteiger partial charge in [-0.25, -0.2) is 4.98 Å². The second kappa shape index (κ2) is 5.03. The highest BCUT2D eigenvalue weighted by Gasteiger charge is 2.19. The van der Waals surface area contributed by atoms with Gasteiger partial charge in [-0.3, -0.25) is 0 Å². The van der Waals surface area contributed by atoms with Gasteiger partial charge in [0.25, 0.3) is 0 Å². The number of thioether (sulfide) groups is 1. The maximum Gasteiger partial charge on any atom is 0.194 e. The number of nitrogens with zero attached hydrogens (tertiary/aromatic N) is 1. The molecule has 3 nitrogen and oxygen atoms in total. The second-order valence-corrected chi connectivity index (χ2v) is 5.38. The van der Waals surface area contributed by atoms with Crippen LogP contribution in [0.15, 0.2) is 10.6 Å². The predicted molar refractivity (Wildman–Crippen MR) is 63.1 cm³/mol. The Labute approximate surface area is 94.8 Å². The molecule has 1 aromatic rings. The van der Waals surface area contributed by atoms with Gasteiger partial charge in [0, 0.05) is 18.9 Å². The average Bonchev–Trinajstić information content (AvgIpc) is 2.88. The van der Waals surface area contributed by atoms with Crippen LogP contribution < -0.4 is 5.73 Å². The number of aromatic nitrogens is 1. The molecule has 0 saturated carbocycles. The molecule has 1 fully saturated rings. The van der Waals surface area contributed by atoms with Crippen LogP contribution in [-0.2, 0) is 6.42 Å². The lowest BCUT2D eigenvalue weighted by Gasteiger charge is -2.04. The van der Waals surface area contributed by atoms with E-state index in [2.05, 4.69) is 11.9 Å². The third kappa shape index (κ3) is 2.75. The van der Waals surface area contributed by atoms with Crippen LogP contribution in [0.5, 0.6) is 0 Å². The molecule has 1 aromatic heterocycles. The molecule has 84 valence electrons. The lowest BCUT2D eigenvalue weighted by atomic mass is 10.1. The normalized spacial score (nSPS) is 23.2. The van der Waals surface area contributed by atoms with Gasteiger partial charge in [-0.05, 0) is 23.8 Å². The van der Waals surface area contributed by atoms with E-state index in [1.165, 1.54) is 17.9 Å². The minimum Gasteiger partial charge on any atom is -0.445 e. The highest BCUT2D eigenvalue weighted by Crippen LogP contribution is 2.27. The highest BCUT2D eigenvalue weighted by molar-refractivity contribution is 7.99. The molecule has 2 unspecified atom stereocenters. The first-order valence-electron chi connectivity index (χ1n) is 5.52. The van der Waals surface area contributed by atoms with Crippen molar-refractivity contribution in [3.63, 3.8) is 0 Å². The maximum absolute atomic E-state index is 5.70. The SMILES string of the molecule is CC(CN)c1cnc(CC2CCSC2)o1. The summed E-state index contributed by atoms with van der Waals surface area (Å²) in [5.74, 6) is 5.40. The largest absolute Gasteiger partial charge is 0.445 e. The van der Waals surface area contributed by atoms with Gasteiger partial charge in [-0.1, -0.05) is 6.92 Å². The summed E-state index contributed by atoms with van der Waals surface area (Å²) in [5.41, 5.74) is 5.59. The van der Waals surface area contributed by atoms with Crippen molar-refractivity contribution >= 4 is 11.8 Å². The third-order valence-corrected chi connectivity index (χ3v) is 4.13. The van der Waals surface area contributed by atoms with Gasteiger partial charge in [0.05, 0.1) is 6.20 Å². The van der Waals surface area contributed by atoms with Crippen molar-refractivity contribution in [3.8, 4) is 0 Å². The second-order valence-electron chi connectivity index (χ2n) is 4.23. The van der Waals surface area contributed by atoms with Crippen molar-refractivity contribution in [1.82, 2.24) is 4.98 Å². The quantitative estimate of drug-likeness (QED) is 0.853. The molecular formula is C11H18N2OS. The Bertz CT molecular complexity index is 307. The fourth-order valence-electron chi connectivity index (χ4n) is 1.75. The molecule has 0 bridgehead atoms. The minimum absolute atomic E-state index is 0.282. The van der Waals surface area contributed by atoms with E-state index < -0.39 is 0 Å². The molecular weight excluding hydrogens is 208 g/mol. The van der Waals surface area contributed by atoms with Crippen LogP contribution in [0.2, 0.25) is 0 Å². The Hall–Kier alpha value is -0.480. The zero-order valence-corrected chi connectivity index (χ0v) is 9.93. The van der Waals surface area contributed by atoms with E-state index in [1.54, 1.807) is 0 Å². The third-order valence-electron chi connectivity index (χ3n) is 2.90. The van der Waals surface area contributed by atoms with Crippen molar-refractivity contribution in [1.29, 1.82) is 0 Å². The monoisotopic (exact) mass is 226 g/mol. The molecule has 4 heteroatoms. The summed E-state index contributed by atoms with van der Waals surface area (Å²) in [7, 11) is 0. The van der Waals surface area contributed by atoms with Crippen LogP contribution in [0.1, 0.15) is 30.9 Å². The van der Waals surface area contributed by atoms with Gasteiger partial charge in [-0.2, -0.15) is 11.8 Å². The molecule has 0 aliphatic carbocycles.